The van der Waals surface area contributed by atoms with Crippen LogP contribution in [0, 0.1) is 0 Å². The number of rotatable bonds is 2. The van der Waals surface area contributed by atoms with E-state index in [0.29, 0.717) is 35.8 Å². The quantitative estimate of drug-likeness (QED) is 0.778. The molecule has 0 aromatic carbocycles. The number of nitrogens with one attached hydrogen (secondary N) is 2. The van der Waals surface area contributed by atoms with Gasteiger partial charge in [0.2, 0.25) is 0 Å². The molecule has 1 atom stereocenters. The average molecular weight is 330 g/mol. The standard InChI is InChI=1S/C12H13Cl2N5O2/c13-7-4-8(16-10(7)14)11(20)19-3-1-2-12(21,6-19)9-5-15-18-17-9/h4-5,16,21H,1-3,6H2,(H,15,17,18). The molecule has 112 valence electrons. The first-order valence-corrected chi connectivity index (χ1v) is 7.17. The largest absolute Gasteiger partial charge is 0.382 e. The van der Waals surface area contributed by atoms with Gasteiger partial charge in [0.15, 0.2) is 0 Å². The van der Waals surface area contributed by atoms with Gasteiger partial charge < -0.3 is 15.0 Å². The molecule has 0 bridgehead atoms. The van der Waals surface area contributed by atoms with Gasteiger partial charge in [-0.3, -0.25) is 4.79 Å². The maximum atomic E-state index is 12.4. The van der Waals surface area contributed by atoms with Crippen molar-refractivity contribution in [1.29, 1.82) is 0 Å². The lowest BCUT2D eigenvalue weighted by Gasteiger charge is -2.37. The molecule has 3 N–H and O–H groups in total. The number of nitrogens with zero attached hydrogens (tertiary/aromatic N) is 3. The maximum Gasteiger partial charge on any atom is 0.270 e. The molecule has 21 heavy (non-hydrogen) atoms. The molecule has 1 unspecified atom stereocenters. The highest BCUT2D eigenvalue weighted by Gasteiger charge is 2.39. The number of β-amino-alcohol motifs (C(OH)–C–C–N with tert-alkyl or cyclic N) is 1. The molecule has 0 spiro atoms. The summed E-state index contributed by atoms with van der Waals surface area (Å²) in [5, 5.41) is 21.3. The van der Waals surface area contributed by atoms with Crippen molar-refractivity contribution in [2.75, 3.05) is 13.1 Å². The summed E-state index contributed by atoms with van der Waals surface area (Å²) in [5.74, 6) is -0.259. The molecule has 3 heterocycles. The highest BCUT2D eigenvalue weighted by molar-refractivity contribution is 6.41. The van der Waals surface area contributed by atoms with E-state index in [4.69, 9.17) is 23.2 Å². The number of aliphatic hydroxyl groups is 1. The number of amides is 1. The Bertz CT molecular complexity index is 637. The minimum absolute atomic E-state index is 0.145. The van der Waals surface area contributed by atoms with Gasteiger partial charge in [-0.25, -0.2) is 0 Å². The molecule has 1 aliphatic heterocycles. The molecule has 2 aromatic rings. The molecule has 7 nitrogen and oxygen atoms in total. The molecular weight excluding hydrogens is 317 g/mol. The molecule has 1 fully saturated rings. The summed E-state index contributed by atoms with van der Waals surface area (Å²) < 4.78 is 0. The lowest BCUT2D eigenvalue weighted by Crippen LogP contribution is -2.48. The van der Waals surface area contributed by atoms with Gasteiger partial charge in [0, 0.05) is 6.54 Å². The SMILES string of the molecule is O=C(c1cc(Cl)c(Cl)[nH]1)N1CCCC(O)(c2cn[nH]n2)C1. The number of aromatic nitrogens is 4. The molecule has 0 saturated carbocycles. The molecule has 1 aliphatic rings. The Hall–Kier alpha value is -1.57. The molecule has 0 aliphatic carbocycles. The number of halogens is 2. The predicted molar refractivity (Wildman–Crippen MR) is 76.2 cm³/mol. The molecule has 1 amide bonds. The second kappa shape index (κ2) is 5.32. The molecule has 0 radical (unpaired) electrons. The van der Waals surface area contributed by atoms with E-state index in [0.717, 1.165) is 0 Å². The zero-order chi connectivity index (χ0) is 15.0. The highest BCUT2D eigenvalue weighted by Crippen LogP contribution is 2.31. The first kappa shape index (κ1) is 14.4. The van der Waals surface area contributed by atoms with Gasteiger partial charge in [0.25, 0.3) is 5.91 Å². The van der Waals surface area contributed by atoms with E-state index < -0.39 is 5.60 Å². The Balaban J connectivity index is 1.81. The predicted octanol–water partition coefficient (Wildman–Crippen LogP) is 1.56. The van der Waals surface area contributed by atoms with Crippen molar-refractivity contribution in [2.24, 2.45) is 0 Å². The highest BCUT2D eigenvalue weighted by atomic mass is 35.5. The first-order valence-electron chi connectivity index (χ1n) is 6.41. The number of piperidine rings is 1. The van der Waals surface area contributed by atoms with Crippen molar-refractivity contribution in [3.8, 4) is 0 Å². The molecule has 9 heteroatoms. The normalized spacial score (nSPS) is 22.5. The summed E-state index contributed by atoms with van der Waals surface area (Å²) >= 11 is 11.7. The van der Waals surface area contributed by atoms with Gasteiger partial charge in [-0.15, -0.1) is 0 Å². The van der Waals surface area contributed by atoms with Crippen LogP contribution in [-0.4, -0.2) is 49.4 Å². The van der Waals surface area contributed by atoms with Crippen LogP contribution in [0.25, 0.3) is 0 Å². The third-order valence-electron chi connectivity index (χ3n) is 3.61. The third kappa shape index (κ3) is 2.64. The van der Waals surface area contributed by atoms with Crippen molar-refractivity contribution < 1.29 is 9.90 Å². The molecule has 2 aromatic heterocycles. The molecular formula is C12H13Cl2N5O2. The van der Waals surface area contributed by atoms with E-state index in [1.807, 2.05) is 0 Å². The van der Waals surface area contributed by atoms with Crippen molar-refractivity contribution in [3.05, 3.63) is 33.8 Å². The topological polar surface area (TPSA) is 97.9 Å². The Morgan fingerprint density at radius 3 is 2.90 bits per heavy atom. The van der Waals surface area contributed by atoms with E-state index in [9.17, 15) is 9.90 Å². The van der Waals surface area contributed by atoms with Gasteiger partial charge in [-0.2, -0.15) is 15.4 Å². The number of carbonyl (C=O) groups excluding carboxylic acids is 1. The summed E-state index contributed by atoms with van der Waals surface area (Å²) in [4.78, 5) is 16.7. The Morgan fingerprint density at radius 2 is 2.29 bits per heavy atom. The maximum absolute atomic E-state index is 12.4. The van der Waals surface area contributed by atoms with Gasteiger partial charge in [0.05, 0.1) is 17.8 Å². The fraction of sp³-hybridized carbons (Fsp3) is 0.417. The summed E-state index contributed by atoms with van der Waals surface area (Å²) in [6.45, 7) is 0.694. The van der Waals surface area contributed by atoms with Gasteiger partial charge in [-0.1, -0.05) is 23.2 Å². The minimum Gasteiger partial charge on any atom is -0.382 e. The molecule has 3 rings (SSSR count). The Kier molecular flexibility index (Phi) is 3.64. The van der Waals surface area contributed by atoms with E-state index >= 15 is 0 Å². The first-order chi connectivity index (χ1) is 9.99. The van der Waals surface area contributed by atoms with E-state index in [1.54, 1.807) is 4.90 Å². The van der Waals surface area contributed by atoms with Crippen molar-refractivity contribution in [2.45, 2.75) is 18.4 Å². The Labute approximate surface area is 130 Å². The van der Waals surface area contributed by atoms with Crippen LogP contribution in [0.1, 0.15) is 29.0 Å². The van der Waals surface area contributed by atoms with Crippen LogP contribution in [0.5, 0.6) is 0 Å². The van der Waals surface area contributed by atoms with Crippen LogP contribution in [0.15, 0.2) is 12.3 Å². The minimum atomic E-state index is -1.19. The van der Waals surface area contributed by atoms with Crippen LogP contribution in [-0.2, 0) is 5.60 Å². The van der Waals surface area contributed by atoms with Gasteiger partial charge >= 0.3 is 0 Å². The van der Waals surface area contributed by atoms with Crippen LogP contribution in [0.2, 0.25) is 10.2 Å². The molecule has 1 saturated heterocycles. The van der Waals surface area contributed by atoms with Gasteiger partial charge in [-0.05, 0) is 18.9 Å². The zero-order valence-electron chi connectivity index (χ0n) is 10.9. The lowest BCUT2D eigenvalue weighted by molar-refractivity contribution is -0.0321. The van der Waals surface area contributed by atoms with Crippen molar-refractivity contribution in [3.63, 3.8) is 0 Å². The third-order valence-corrected chi connectivity index (χ3v) is 4.30. The summed E-state index contributed by atoms with van der Waals surface area (Å²) in [6, 6.07) is 1.48. The number of aromatic amines is 2. The van der Waals surface area contributed by atoms with Gasteiger partial charge in [0.1, 0.15) is 22.1 Å². The number of likely N-dealkylation sites (tertiary alicyclic amines) is 1. The van der Waals surface area contributed by atoms with E-state index in [1.165, 1.54) is 12.3 Å². The summed E-state index contributed by atoms with van der Waals surface area (Å²) in [5.41, 5.74) is -0.460. The van der Waals surface area contributed by atoms with Crippen molar-refractivity contribution in [1.82, 2.24) is 25.3 Å². The van der Waals surface area contributed by atoms with Crippen LogP contribution in [0.4, 0.5) is 0 Å². The lowest BCUT2D eigenvalue weighted by atomic mass is 9.90. The number of hydrogen-bond donors (Lipinski definition) is 3. The second-order valence-corrected chi connectivity index (χ2v) is 5.85. The Morgan fingerprint density at radius 1 is 1.48 bits per heavy atom. The average Bonchev–Trinajstić information content (AvgIpc) is 3.09. The number of hydrogen-bond acceptors (Lipinski definition) is 4. The van der Waals surface area contributed by atoms with Crippen molar-refractivity contribution >= 4 is 29.1 Å². The fourth-order valence-electron chi connectivity index (χ4n) is 2.53. The number of carbonyl (C=O) groups is 1. The van der Waals surface area contributed by atoms with Crippen LogP contribution >= 0.6 is 23.2 Å². The monoisotopic (exact) mass is 329 g/mol. The summed E-state index contributed by atoms with van der Waals surface area (Å²) in [7, 11) is 0. The summed E-state index contributed by atoms with van der Waals surface area (Å²) in [6.07, 6.45) is 2.66. The second-order valence-electron chi connectivity index (χ2n) is 5.06. The zero-order valence-corrected chi connectivity index (χ0v) is 12.4. The smallest absolute Gasteiger partial charge is 0.270 e. The number of H-pyrrole nitrogens is 2. The fourth-order valence-corrected chi connectivity index (χ4v) is 2.85. The van der Waals surface area contributed by atoms with E-state index in [-0.39, 0.29) is 17.6 Å². The van der Waals surface area contributed by atoms with Crippen LogP contribution in [0.3, 0.4) is 0 Å². The van der Waals surface area contributed by atoms with Crippen LogP contribution < -0.4 is 0 Å². The van der Waals surface area contributed by atoms with E-state index in [2.05, 4.69) is 20.4 Å².